The van der Waals surface area contributed by atoms with Crippen molar-refractivity contribution in [1.82, 2.24) is 20.2 Å². The second kappa shape index (κ2) is 4.48. The van der Waals surface area contributed by atoms with Gasteiger partial charge in [-0.3, -0.25) is 0 Å². The monoisotopic (exact) mass is 301 g/mol. The molecule has 0 spiro atoms. The van der Waals surface area contributed by atoms with Crippen LogP contribution in [0.2, 0.25) is 5.02 Å². The Morgan fingerprint density at radius 3 is 2.94 bits per heavy atom. The number of tetrazole rings is 1. The molecule has 1 aromatic carbocycles. The summed E-state index contributed by atoms with van der Waals surface area (Å²) in [6.45, 7) is 1.82. The van der Waals surface area contributed by atoms with Crippen LogP contribution >= 0.6 is 27.5 Å². The Morgan fingerprint density at radius 1 is 1.50 bits per heavy atom. The fourth-order valence-corrected chi connectivity index (χ4v) is 1.91. The number of nitrogens with two attached hydrogens (primary N) is 1. The van der Waals surface area contributed by atoms with Crippen LogP contribution in [-0.2, 0) is 0 Å². The third kappa shape index (κ3) is 1.95. The number of aromatic nitrogens is 4. The van der Waals surface area contributed by atoms with E-state index in [0.717, 1.165) is 10.2 Å². The molecule has 84 valence electrons. The lowest BCUT2D eigenvalue weighted by molar-refractivity contribution is 0.687. The maximum atomic E-state index is 6.00. The van der Waals surface area contributed by atoms with Crippen molar-refractivity contribution >= 4 is 27.5 Å². The highest BCUT2D eigenvalue weighted by Crippen LogP contribution is 2.29. The van der Waals surface area contributed by atoms with Crippen molar-refractivity contribution in [2.24, 2.45) is 5.73 Å². The Morgan fingerprint density at radius 2 is 2.25 bits per heavy atom. The molecule has 0 amide bonds. The highest BCUT2D eigenvalue weighted by molar-refractivity contribution is 9.10. The fraction of sp³-hybridized carbons (Fsp3) is 0.222. The smallest absolute Gasteiger partial charge is 0.173 e. The van der Waals surface area contributed by atoms with E-state index in [-0.39, 0.29) is 6.04 Å². The molecule has 0 aliphatic heterocycles. The first-order valence-corrected chi connectivity index (χ1v) is 5.76. The van der Waals surface area contributed by atoms with Crippen molar-refractivity contribution in [3.05, 3.63) is 33.5 Å². The third-order valence-corrected chi connectivity index (χ3v) is 3.44. The van der Waals surface area contributed by atoms with E-state index >= 15 is 0 Å². The van der Waals surface area contributed by atoms with Crippen molar-refractivity contribution in [3.8, 4) is 5.69 Å². The van der Waals surface area contributed by atoms with Gasteiger partial charge in [-0.1, -0.05) is 17.7 Å². The summed E-state index contributed by atoms with van der Waals surface area (Å²) < 4.78 is 2.31. The van der Waals surface area contributed by atoms with E-state index in [0.29, 0.717) is 10.8 Å². The van der Waals surface area contributed by atoms with Crippen molar-refractivity contribution in [1.29, 1.82) is 0 Å². The molecule has 0 fully saturated rings. The number of halogens is 2. The van der Waals surface area contributed by atoms with Gasteiger partial charge in [-0.15, -0.1) is 5.10 Å². The van der Waals surface area contributed by atoms with Crippen molar-refractivity contribution in [2.45, 2.75) is 13.0 Å². The molecule has 1 aromatic heterocycles. The van der Waals surface area contributed by atoms with Crippen LogP contribution in [0.4, 0.5) is 0 Å². The van der Waals surface area contributed by atoms with Crippen molar-refractivity contribution in [2.75, 3.05) is 0 Å². The van der Waals surface area contributed by atoms with E-state index in [1.54, 1.807) is 10.7 Å². The number of rotatable bonds is 2. The lowest BCUT2D eigenvalue weighted by Gasteiger charge is -2.09. The summed E-state index contributed by atoms with van der Waals surface area (Å²) >= 11 is 9.40. The molecule has 2 N–H and O–H groups in total. The molecule has 0 bridgehead atoms. The Kier molecular flexibility index (Phi) is 3.22. The fourth-order valence-electron chi connectivity index (χ4n) is 1.31. The van der Waals surface area contributed by atoms with Gasteiger partial charge >= 0.3 is 0 Å². The SMILES string of the molecule is CC(N)c1nnnn1-c1cccc(Cl)c1Br. The molecule has 5 nitrogen and oxygen atoms in total. The average molecular weight is 303 g/mol. The van der Waals surface area contributed by atoms with Crippen LogP contribution in [0.1, 0.15) is 18.8 Å². The predicted molar refractivity (Wildman–Crippen MR) is 64.5 cm³/mol. The van der Waals surface area contributed by atoms with Crippen LogP contribution in [0.15, 0.2) is 22.7 Å². The van der Waals surface area contributed by atoms with E-state index in [9.17, 15) is 0 Å². The molecule has 1 atom stereocenters. The Balaban J connectivity index is 2.59. The van der Waals surface area contributed by atoms with E-state index in [2.05, 4.69) is 31.5 Å². The lowest BCUT2D eigenvalue weighted by atomic mass is 10.3. The molecule has 0 aliphatic carbocycles. The van der Waals surface area contributed by atoms with Crippen molar-refractivity contribution in [3.63, 3.8) is 0 Å². The van der Waals surface area contributed by atoms with Gasteiger partial charge in [-0.05, 0) is 45.4 Å². The summed E-state index contributed by atoms with van der Waals surface area (Å²) in [5, 5.41) is 12.0. The third-order valence-electron chi connectivity index (χ3n) is 2.06. The molecule has 2 rings (SSSR count). The first-order valence-electron chi connectivity index (χ1n) is 4.59. The highest BCUT2D eigenvalue weighted by Gasteiger charge is 2.15. The quantitative estimate of drug-likeness (QED) is 0.922. The van der Waals surface area contributed by atoms with Gasteiger partial charge in [0.25, 0.3) is 0 Å². The van der Waals surface area contributed by atoms with E-state index in [1.807, 2.05) is 19.1 Å². The van der Waals surface area contributed by atoms with Crippen LogP contribution in [0.3, 0.4) is 0 Å². The van der Waals surface area contributed by atoms with Gasteiger partial charge in [0.15, 0.2) is 5.82 Å². The summed E-state index contributed by atoms with van der Waals surface area (Å²) in [6, 6.07) is 5.22. The van der Waals surface area contributed by atoms with Gasteiger partial charge < -0.3 is 5.73 Å². The van der Waals surface area contributed by atoms with E-state index in [1.165, 1.54) is 0 Å². The summed E-state index contributed by atoms with van der Waals surface area (Å²) in [6.07, 6.45) is 0. The number of nitrogens with zero attached hydrogens (tertiary/aromatic N) is 4. The van der Waals surface area contributed by atoms with Crippen LogP contribution in [-0.4, -0.2) is 20.2 Å². The zero-order valence-corrected chi connectivity index (χ0v) is 10.8. The van der Waals surface area contributed by atoms with Gasteiger partial charge in [0, 0.05) is 0 Å². The molecule has 7 heteroatoms. The first-order chi connectivity index (χ1) is 7.61. The van der Waals surface area contributed by atoms with E-state index in [4.69, 9.17) is 17.3 Å². The molecule has 16 heavy (non-hydrogen) atoms. The summed E-state index contributed by atoms with van der Waals surface area (Å²) in [5.41, 5.74) is 6.54. The zero-order chi connectivity index (χ0) is 11.7. The molecule has 1 unspecified atom stereocenters. The maximum absolute atomic E-state index is 6.00. The topological polar surface area (TPSA) is 69.6 Å². The highest BCUT2D eigenvalue weighted by atomic mass is 79.9. The Bertz CT molecular complexity index is 510. The molecule has 0 aliphatic rings. The van der Waals surface area contributed by atoms with Gasteiger partial charge in [-0.25, -0.2) is 0 Å². The largest absolute Gasteiger partial charge is 0.321 e. The maximum Gasteiger partial charge on any atom is 0.173 e. The van der Waals surface area contributed by atoms with Crippen LogP contribution in [0.5, 0.6) is 0 Å². The Hall–Kier alpha value is -0.980. The zero-order valence-electron chi connectivity index (χ0n) is 8.43. The molecular formula is C9H9BrClN5. The molecule has 0 saturated carbocycles. The average Bonchev–Trinajstić information content (AvgIpc) is 2.70. The second-order valence-electron chi connectivity index (χ2n) is 3.31. The lowest BCUT2D eigenvalue weighted by Crippen LogP contribution is -2.13. The minimum atomic E-state index is -0.249. The van der Waals surface area contributed by atoms with E-state index < -0.39 is 0 Å². The number of hydrogen-bond acceptors (Lipinski definition) is 4. The van der Waals surface area contributed by atoms with Crippen LogP contribution < -0.4 is 5.73 Å². The number of hydrogen-bond donors (Lipinski definition) is 1. The van der Waals surface area contributed by atoms with Crippen LogP contribution in [0.25, 0.3) is 5.69 Å². The van der Waals surface area contributed by atoms with Gasteiger partial charge in [-0.2, -0.15) is 4.68 Å². The number of benzene rings is 1. The van der Waals surface area contributed by atoms with Gasteiger partial charge in [0.05, 0.1) is 21.2 Å². The van der Waals surface area contributed by atoms with Crippen molar-refractivity contribution < 1.29 is 0 Å². The summed E-state index contributed by atoms with van der Waals surface area (Å²) in [7, 11) is 0. The Labute approximate surface area is 106 Å². The van der Waals surface area contributed by atoms with Gasteiger partial charge in [0.2, 0.25) is 0 Å². The minimum absolute atomic E-state index is 0.249. The first kappa shape index (κ1) is 11.5. The standard InChI is InChI=1S/C9H9BrClN5/c1-5(12)9-13-14-15-16(9)7-4-2-3-6(11)8(7)10/h2-5H,12H2,1H3. The predicted octanol–water partition coefficient (Wildman–Crippen LogP) is 2.10. The van der Waals surface area contributed by atoms with Gasteiger partial charge in [0.1, 0.15) is 0 Å². The summed E-state index contributed by atoms with van der Waals surface area (Å²) in [4.78, 5) is 0. The second-order valence-corrected chi connectivity index (χ2v) is 4.51. The molecule has 2 aromatic rings. The molecule has 0 saturated heterocycles. The molecule has 1 heterocycles. The molecular weight excluding hydrogens is 293 g/mol. The minimum Gasteiger partial charge on any atom is -0.321 e. The summed E-state index contributed by atoms with van der Waals surface area (Å²) in [5.74, 6) is 0.586. The molecule has 0 radical (unpaired) electrons. The van der Waals surface area contributed by atoms with Crippen LogP contribution in [0, 0.1) is 0 Å². The normalized spacial score (nSPS) is 12.8.